The van der Waals surface area contributed by atoms with Crippen LogP contribution < -0.4 is 10.0 Å². The SMILES string of the molecule is Cc1cccc(NS(=O)(=O)c2cc(C(=O)N[C@@H](C)c3ccc4c(c3)CCCC4)ccc2Cl)c1C. The predicted molar refractivity (Wildman–Crippen MR) is 137 cm³/mol. The van der Waals surface area contributed by atoms with Gasteiger partial charge in [-0.15, -0.1) is 0 Å². The predicted octanol–water partition coefficient (Wildman–Crippen LogP) is 6.13. The maximum atomic E-state index is 13.1. The molecule has 0 saturated heterocycles. The molecule has 0 heterocycles. The number of rotatable bonds is 6. The van der Waals surface area contributed by atoms with E-state index in [1.165, 1.54) is 42.2 Å². The lowest BCUT2D eigenvalue weighted by Gasteiger charge is -2.20. The average Bonchev–Trinajstić information content (AvgIpc) is 2.81. The maximum absolute atomic E-state index is 13.1. The number of hydrogen-bond donors (Lipinski definition) is 2. The molecule has 0 bridgehead atoms. The van der Waals surface area contributed by atoms with Gasteiger partial charge in [-0.25, -0.2) is 8.42 Å². The molecule has 2 N–H and O–H groups in total. The molecule has 1 atom stereocenters. The fraction of sp³-hybridized carbons (Fsp3) is 0.296. The topological polar surface area (TPSA) is 75.3 Å². The molecule has 4 rings (SSSR count). The summed E-state index contributed by atoms with van der Waals surface area (Å²) in [5.41, 5.74) is 6.28. The van der Waals surface area contributed by atoms with Gasteiger partial charge in [-0.1, -0.05) is 41.9 Å². The van der Waals surface area contributed by atoms with Crippen molar-refractivity contribution in [2.24, 2.45) is 0 Å². The molecule has 0 radical (unpaired) electrons. The molecule has 178 valence electrons. The highest BCUT2D eigenvalue weighted by Gasteiger charge is 2.22. The van der Waals surface area contributed by atoms with Gasteiger partial charge in [0, 0.05) is 5.56 Å². The van der Waals surface area contributed by atoms with E-state index in [0.717, 1.165) is 29.5 Å². The zero-order valence-electron chi connectivity index (χ0n) is 19.6. The number of nitrogens with one attached hydrogen (secondary N) is 2. The van der Waals surface area contributed by atoms with E-state index in [4.69, 9.17) is 11.6 Å². The monoisotopic (exact) mass is 496 g/mol. The normalized spacial score (nSPS) is 14.2. The van der Waals surface area contributed by atoms with E-state index in [0.29, 0.717) is 5.69 Å². The molecular formula is C27H29ClN2O3S. The van der Waals surface area contributed by atoms with Gasteiger partial charge >= 0.3 is 0 Å². The lowest BCUT2D eigenvalue weighted by atomic mass is 9.89. The number of hydrogen-bond acceptors (Lipinski definition) is 3. The van der Waals surface area contributed by atoms with Crippen LogP contribution in [0.1, 0.15) is 64.0 Å². The fourth-order valence-corrected chi connectivity index (χ4v) is 5.95. The van der Waals surface area contributed by atoms with Gasteiger partial charge in [-0.05, 0) is 98.5 Å². The van der Waals surface area contributed by atoms with Crippen molar-refractivity contribution < 1.29 is 13.2 Å². The van der Waals surface area contributed by atoms with Crippen LogP contribution in [0, 0.1) is 13.8 Å². The van der Waals surface area contributed by atoms with E-state index in [-0.39, 0.29) is 27.4 Å². The minimum absolute atomic E-state index is 0.0529. The Labute approximate surface area is 206 Å². The molecule has 3 aromatic rings. The number of benzene rings is 3. The standard InChI is InChI=1S/C27H29ClN2O3S/c1-17-7-6-10-25(18(17)2)30-34(32,33)26-16-23(13-14-24(26)28)27(31)29-19(3)21-12-11-20-8-4-5-9-22(20)15-21/h6-7,10-16,19,30H,4-5,8-9H2,1-3H3,(H,29,31)/t19-/m0/s1. The van der Waals surface area contributed by atoms with Gasteiger partial charge in [0.05, 0.1) is 16.8 Å². The molecule has 34 heavy (non-hydrogen) atoms. The molecule has 0 fully saturated rings. The highest BCUT2D eigenvalue weighted by Crippen LogP contribution is 2.28. The van der Waals surface area contributed by atoms with Gasteiger partial charge in [0.1, 0.15) is 4.90 Å². The highest BCUT2D eigenvalue weighted by atomic mass is 35.5. The van der Waals surface area contributed by atoms with Crippen LogP contribution in [0.25, 0.3) is 0 Å². The summed E-state index contributed by atoms with van der Waals surface area (Å²) in [4.78, 5) is 12.9. The summed E-state index contributed by atoms with van der Waals surface area (Å²) in [6.45, 7) is 5.69. The molecule has 1 amide bonds. The number of anilines is 1. The van der Waals surface area contributed by atoms with Crippen LogP contribution in [-0.2, 0) is 22.9 Å². The first-order chi connectivity index (χ1) is 16.2. The lowest BCUT2D eigenvalue weighted by molar-refractivity contribution is 0.0939. The summed E-state index contributed by atoms with van der Waals surface area (Å²) in [7, 11) is -3.99. The van der Waals surface area contributed by atoms with Gasteiger partial charge in [0.25, 0.3) is 15.9 Å². The highest BCUT2D eigenvalue weighted by molar-refractivity contribution is 7.92. The summed E-state index contributed by atoms with van der Waals surface area (Å²) in [6.07, 6.45) is 4.58. The molecule has 7 heteroatoms. The first-order valence-electron chi connectivity index (χ1n) is 11.5. The van der Waals surface area contributed by atoms with Crippen molar-refractivity contribution in [3.63, 3.8) is 0 Å². The lowest BCUT2D eigenvalue weighted by Crippen LogP contribution is -2.27. The van der Waals surface area contributed by atoms with Crippen LogP contribution in [0.2, 0.25) is 5.02 Å². The van der Waals surface area contributed by atoms with E-state index in [1.807, 2.05) is 26.8 Å². The largest absolute Gasteiger partial charge is 0.346 e. The van der Waals surface area contributed by atoms with Crippen molar-refractivity contribution in [2.45, 2.75) is 57.4 Å². The number of carbonyl (C=O) groups is 1. The van der Waals surface area contributed by atoms with E-state index in [9.17, 15) is 13.2 Å². The van der Waals surface area contributed by atoms with E-state index >= 15 is 0 Å². The van der Waals surface area contributed by atoms with Crippen molar-refractivity contribution in [3.8, 4) is 0 Å². The quantitative estimate of drug-likeness (QED) is 0.431. The second kappa shape index (κ2) is 9.80. The second-order valence-electron chi connectivity index (χ2n) is 8.93. The Kier molecular flexibility index (Phi) is 7.01. The Hall–Kier alpha value is -2.83. The number of halogens is 1. The number of sulfonamides is 1. The van der Waals surface area contributed by atoms with Crippen molar-refractivity contribution >= 4 is 33.2 Å². The van der Waals surface area contributed by atoms with Crippen LogP contribution in [0.5, 0.6) is 0 Å². The van der Waals surface area contributed by atoms with Gasteiger partial charge < -0.3 is 5.32 Å². The van der Waals surface area contributed by atoms with Gasteiger partial charge in [0.15, 0.2) is 0 Å². The Morgan fingerprint density at radius 2 is 1.71 bits per heavy atom. The third kappa shape index (κ3) is 5.13. The molecule has 0 saturated carbocycles. The summed E-state index contributed by atoms with van der Waals surface area (Å²) in [5.74, 6) is -0.356. The molecule has 0 spiro atoms. The Morgan fingerprint density at radius 1 is 0.971 bits per heavy atom. The second-order valence-corrected chi connectivity index (χ2v) is 11.0. The number of carbonyl (C=O) groups excluding carboxylic acids is 1. The van der Waals surface area contributed by atoms with Gasteiger partial charge in [-0.3, -0.25) is 9.52 Å². The average molecular weight is 497 g/mol. The molecule has 0 aromatic heterocycles. The third-order valence-electron chi connectivity index (χ3n) is 6.55. The van der Waals surface area contributed by atoms with Gasteiger partial charge in [-0.2, -0.15) is 0 Å². The number of fused-ring (bicyclic) bond motifs is 1. The van der Waals surface area contributed by atoms with Crippen LogP contribution in [0.3, 0.4) is 0 Å². The summed E-state index contributed by atoms with van der Waals surface area (Å²) in [5, 5.41) is 3.04. The smallest absolute Gasteiger partial charge is 0.263 e. The van der Waals surface area contributed by atoms with Crippen molar-refractivity contribution in [2.75, 3.05) is 4.72 Å². The van der Waals surface area contributed by atoms with Crippen molar-refractivity contribution in [1.82, 2.24) is 5.32 Å². The molecular weight excluding hydrogens is 468 g/mol. The summed E-state index contributed by atoms with van der Waals surface area (Å²) in [6, 6.07) is 15.9. The minimum Gasteiger partial charge on any atom is -0.346 e. The number of amides is 1. The molecule has 5 nitrogen and oxygen atoms in total. The molecule has 0 aliphatic heterocycles. The molecule has 1 aliphatic rings. The first-order valence-corrected chi connectivity index (χ1v) is 13.3. The van der Waals surface area contributed by atoms with Crippen LogP contribution in [-0.4, -0.2) is 14.3 Å². The Morgan fingerprint density at radius 3 is 2.47 bits per heavy atom. The Balaban J connectivity index is 1.55. The Bertz CT molecular complexity index is 1350. The molecule has 1 aliphatic carbocycles. The summed E-state index contributed by atoms with van der Waals surface area (Å²) < 4.78 is 28.8. The van der Waals surface area contributed by atoms with E-state index in [2.05, 4.69) is 28.2 Å². The van der Waals surface area contributed by atoms with Crippen LogP contribution in [0.15, 0.2) is 59.5 Å². The first kappa shape index (κ1) is 24.3. The molecule has 0 unspecified atom stereocenters. The fourth-order valence-electron chi connectivity index (χ4n) is 4.30. The number of aryl methyl sites for hydroxylation is 3. The van der Waals surface area contributed by atoms with E-state index < -0.39 is 10.0 Å². The van der Waals surface area contributed by atoms with Crippen LogP contribution in [0.4, 0.5) is 5.69 Å². The van der Waals surface area contributed by atoms with Gasteiger partial charge in [0.2, 0.25) is 0 Å². The van der Waals surface area contributed by atoms with Crippen molar-refractivity contribution in [1.29, 1.82) is 0 Å². The zero-order chi connectivity index (χ0) is 24.5. The maximum Gasteiger partial charge on any atom is 0.263 e. The zero-order valence-corrected chi connectivity index (χ0v) is 21.2. The third-order valence-corrected chi connectivity index (χ3v) is 8.40. The summed E-state index contributed by atoms with van der Waals surface area (Å²) >= 11 is 6.24. The van der Waals surface area contributed by atoms with Crippen LogP contribution >= 0.6 is 11.6 Å². The molecule has 3 aromatic carbocycles. The van der Waals surface area contributed by atoms with Crippen molar-refractivity contribution in [3.05, 3.63) is 93.0 Å². The minimum atomic E-state index is -3.99. The van der Waals surface area contributed by atoms with E-state index in [1.54, 1.807) is 12.1 Å².